The molecule has 0 amide bonds. The van der Waals surface area contributed by atoms with E-state index in [0.29, 0.717) is 30.4 Å². The van der Waals surface area contributed by atoms with Gasteiger partial charge in [0.2, 0.25) is 17.6 Å². The number of pyridine rings is 1. The van der Waals surface area contributed by atoms with Crippen LogP contribution in [0.15, 0.2) is 36.7 Å². The normalized spacial score (nSPS) is 15.3. The van der Waals surface area contributed by atoms with Crippen molar-refractivity contribution in [1.29, 1.82) is 0 Å². The highest BCUT2D eigenvalue weighted by Crippen LogP contribution is 2.35. The highest BCUT2D eigenvalue weighted by Gasteiger charge is 2.25. The molecule has 0 saturated carbocycles. The van der Waals surface area contributed by atoms with Gasteiger partial charge in [-0.2, -0.15) is 4.39 Å². The van der Waals surface area contributed by atoms with Gasteiger partial charge in [0, 0.05) is 31.5 Å². The summed E-state index contributed by atoms with van der Waals surface area (Å²) in [5, 5.41) is 0. The molecule has 1 aromatic carbocycles. The summed E-state index contributed by atoms with van der Waals surface area (Å²) in [7, 11) is 0. The van der Waals surface area contributed by atoms with Crippen molar-refractivity contribution in [1.82, 2.24) is 19.3 Å². The molecule has 0 aliphatic carbocycles. The van der Waals surface area contributed by atoms with Crippen molar-refractivity contribution in [2.45, 2.75) is 19.3 Å². The van der Waals surface area contributed by atoms with Crippen LogP contribution < -0.4 is 15.2 Å². The Balaban J connectivity index is 1.62. The highest BCUT2D eigenvalue weighted by molar-refractivity contribution is 7.84. The summed E-state index contributed by atoms with van der Waals surface area (Å²) in [4.78, 5) is 11.9. The summed E-state index contributed by atoms with van der Waals surface area (Å²) < 4.78 is 65.6. The number of aromatic nitrogens is 3. The Bertz CT molecular complexity index is 1160. The predicted molar refractivity (Wildman–Crippen MR) is 113 cm³/mol. The van der Waals surface area contributed by atoms with E-state index in [-0.39, 0.29) is 11.8 Å². The fourth-order valence-electron chi connectivity index (χ4n) is 3.22. The number of rotatable bonds is 6. The maximum absolute atomic E-state index is 14.7. The predicted octanol–water partition coefficient (Wildman–Crippen LogP) is 3.81. The lowest BCUT2D eigenvalue weighted by Gasteiger charge is -2.25. The van der Waals surface area contributed by atoms with Crippen LogP contribution in [0.1, 0.15) is 19.3 Å². The summed E-state index contributed by atoms with van der Waals surface area (Å²) in [5.74, 6) is -5.03. The highest BCUT2D eigenvalue weighted by atomic mass is 32.2. The summed E-state index contributed by atoms with van der Waals surface area (Å²) >= 11 is -1.90. The topological polar surface area (TPSA) is 106 Å². The molecule has 3 heterocycles. The van der Waals surface area contributed by atoms with E-state index >= 15 is 0 Å². The van der Waals surface area contributed by atoms with E-state index in [1.165, 1.54) is 22.8 Å². The molecule has 32 heavy (non-hydrogen) atoms. The molecule has 0 spiro atoms. The molecule has 3 N–H and O–H groups in total. The summed E-state index contributed by atoms with van der Waals surface area (Å²) in [6.45, 7) is 1.03. The lowest BCUT2D eigenvalue weighted by molar-refractivity contribution is 0.367. The maximum atomic E-state index is 14.7. The van der Waals surface area contributed by atoms with Crippen molar-refractivity contribution in [3.8, 4) is 22.9 Å². The lowest BCUT2D eigenvalue weighted by atomic mass is 10.2. The second-order valence-electron chi connectivity index (χ2n) is 6.96. The molecule has 3 aromatic rings. The molecule has 12 heteroatoms. The minimum atomic E-state index is -1.90. The number of nitrogen functional groups attached to an aromatic ring is 1. The van der Waals surface area contributed by atoms with Crippen LogP contribution >= 0.6 is 0 Å². The van der Waals surface area contributed by atoms with E-state index in [1.54, 1.807) is 12.1 Å². The average Bonchev–Trinajstić information content (AvgIpc) is 2.81. The SMILES string of the molecule is Nc1nccc(-c2cccnc2Oc2cc(F)c(NS(=O)N3CCCCC3)c(F)c2F)n1. The van der Waals surface area contributed by atoms with E-state index in [4.69, 9.17) is 10.5 Å². The van der Waals surface area contributed by atoms with E-state index in [0.717, 1.165) is 19.3 Å². The third-order valence-corrected chi connectivity index (χ3v) is 6.00. The zero-order valence-electron chi connectivity index (χ0n) is 16.7. The Labute approximate surface area is 184 Å². The number of halogens is 3. The van der Waals surface area contributed by atoms with E-state index in [9.17, 15) is 17.4 Å². The number of benzene rings is 1. The van der Waals surface area contributed by atoms with Crippen molar-refractivity contribution in [2.75, 3.05) is 23.5 Å². The monoisotopic (exact) mass is 464 g/mol. The van der Waals surface area contributed by atoms with Gasteiger partial charge in [-0.15, -0.1) is 0 Å². The number of hydrogen-bond acceptors (Lipinski definition) is 6. The number of nitrogens with zero attached hydrogens (tertiary/aromatic N) is 4. The van der Waals surface area contributed by atoms with E-state index < -0.39 is 40.1 Å². The van der Waals surface area contributed by atoms with Gasteiger partial charge in [0.1, 0.15) is 5.69 Å². The number of piperidine rings is 1. The van der Waals surface area contributed by atoms with E-state index in [1.807, 2.05) is 0 Å². The Morgan fingerprint density at radius 1 is 1.06 bits per heavy atom. The van der Waals surface area contributed by atoms with Crippen molar-refractivity contribution in [3.63, 3.8) is 0 Å². The molecule has 168 valence electrons. The number of nitrogens with two attached hydrogens (primary N) is 1. The fourth-order valence-corrected chi connectivity index (χ4v) is 4.30. The van der Waals surface area contributed by atoms with Gasteiger partial charge in [-0.05, 0) is 31.0 Å². The molecule has 0 radical (unpaired) electrons. The molecule has 0 bridgehead atoms. The van der Waals surface area contributed by atoms with E-state index in [2.05, 4.69) is 19.7 Å². The molecule has 1 aliphatic rings. The minimum absolute atomic E-state index is 0.00212. The van der Waals surface area contributed by atoms with Crippen molar-refractivity contribution in [3.05, 3.63) is 54.1 Å². The summed E-state index contributed by atoms with van der Waals surface area (Å²) in [6.07, 6.45) is 5.42. The van der Waals surface area contributed by atoms with Crippen molar-refractivity contribution < 1.29 is 22.1 Å². The quantitative estimate of drug-likeness (QED) is 0.538. The average molecular weight is 464 g/mol. The molecular weight excluding hydrogens is 445 g/mol. The Morgan fingerprint density at radius 3 is 2.59 bits per heavy atom. The smallest absolute Gasteiger partial charge is 0.228 e. The van der Waals surface area contributed by atoms with Crippen molar-refractivity contribution in [2.24, 2.45) is 0 Å². The molecule has 1 atom stereocenters. The number of anilines is 2. The van der Waals surface area contributed by atoms with Crippen LogP contribution in [0.2, 0.25) is 0 Å². The summed E-state index contributed by atoms with van der Waals surface area (Å²) in [6, 6.07) is 5.36. The molecule has 8 nitrogen and oxygen atoms in total. The lowest BCUT2D eigenvalue weighted by Crippen LogP contribution is -2.35. The number of nitrogens with one attached hydrogen (secondary N) is 1. The van der Waals surface area contributed by atoms with Crippen LogP contribution in [0.25, 0.3) is 11.3 Å². The number of ether oxygens (including phenoxy) is 1. The third kappa shape index (κ3) is 4.65. The first-order valence-electron chi connectivity index (χ1n) is 9.77. The van der Waals surface area contributed by atoms with Gasteiger partial charge < -0.3 is 10.5 Å². The Hall–Kier alpha value is -3.25. The maximum Gasteiger partial charge on any atom is 0.228 e. The minimum Gasteiger partial charge on any atom is -0.435 e. The van der Waals surface area contributed by atoms with Gasteiger partial charge >= 0.3 is 0 Å². The van der Waals surface area contributed by atoms with Gasteiger partial charge in [-0.1, -0.05) is 6.42 Å². The van der Waals surface area contributed by atoms with Gasteiger partial charge in [0.25, 0.3) is 0 Å². The Kier molecular flexibility index (Phi) is 6.51. The summed E-state index contributed by atoms with van der Waals surface area (Å²) in [5.41, 5.74) is 5.41. The standard InChI is InChI=1S/C20H19F3N6O2S/c21-13-11-15(16(22)17(23)18(13)28-32(30)29-9-2-1-3-10-29)31-19-12(5-4-7-25-19)14-6-8-26-20(24)27-14/h4-8,11,28H,1-3,9-10H2,(H2,24,26,27). The van der Waals surface area contributed by atoms with Crippen molar-refractivity contribution >= 4 is 22.8 Å². The zero-order valence-corrected chi connectivity index (χ0v) is 17.5. The van der Waals surface area contributed by atoms with Crippen LogP contribution in [0, 0.1) is 17.5 Å². The second kappa shape index (κ2) is 9.49. The first-order valence-corrected chi connectivity index (χ1v) is 10.9. The van der Waals surface area contributed by atoms with Gasteiger partial charge in [0.05, 0.1) is 11.3 Å². The van der Waals surface area contributed by atoms with Gasteiger partial charge in [-0.3, -0.25) is 4.72 Å². The molecule has 1 saturated heterocycles. The van der Waals surface area contributed by atoms with Crippen LogP contribution in [-0.2, 0) is 11.2 Å². The first kappa shape index (κ1) is 22.0. The van der Waals surface area contributed by atoms with Crippen LogP contribution in [0.3, 0.4) is 0 Å². The number of hydrogen-bond donors (Lipinski definition) is 2. The molecular formula is C20H19F3N6O2S. The fraction of sp³-hybridized carbons (Fsp3) is 0.250. The molecule has 2 aromatic heterocycles. The zero-order chi connectivity index (χ0) is 22.7. The van der Waals surface area contributed by atoms with Crippen LogP contribution in [0.4, 0.5) is 24.8 Å². The Morgan fingerprint density at radius 2 is 1.84 bits per heavy atom. The molecule has 1 fully saturated rings. The largest absolute Gasteiger partial charge is 0.435 e. The first-order chi connectivity index (χ1) is 15.4. The second-order valence-corrected chi connectivity index (χ2v) is 8.18. The van der Waals surface area contributed by atoms with Crippen LogP contribution in [-0.4, -0.2) is 36.6 Å². The molecule has 4 rings (SSSR count). The van der Waals surface area contributed by atoms with Gasteiger partial charge in [-0.25, -0.2) is 32.2 Å². The third-order valence-electron chi connectivity index (χ3n) is 4.79. The molecule has 1 aliphatic heterocycles. The molecule has 1 unspecified atom stereocenters. The van der Waals surface area contributed by atoms with Gasteiger partial charge in [0.15, 0.2) is 28.6 Å². The van der Waals surface area contributed by atoms with Crippen LogP contribution in [0.5, 0.6) is 11.6 Å².